The van der Waals surface area contributed by atoms with Gasteiger partial charge in [-0.1, -0.05) is 36.4 Å². The Labute approximate surface area is 142 Å². The predicted molar refractivity (Wildman–Crippen MR) is 91.9 cm³/mol. The van der Waals surface area contributed by atoms with Crippen molar-refractivity contribution in [3.8, 4) is 5.75 Å². The van der Waals surface area contributed by atoms with Crippen molar-refractivity contribution in [3.05, 3.63) is 65.2 Å². The summed E-state index contributed by atoms with van der Waals surface area (Å²) in [6.07, 6.45) is 0. The van der Waals surface area contributed by atoms with Gasteiger partial charge in [0.2, 0.25) is 10.0 Å². The Morgan fingerprint density at radius 2 is 1.88 bits per heavy atom. The molecule has 1 unspecified atom stereocenters. The molecular formula is C18H20N2O3S. The minimum atomic E-state index is -3.27. The van der Waals surface area contributed by atoms with Crippen LogP contribution in [0, 0.1) is 0 Å². The van der Waals surface area contributed by atoms with Gasteiger partial charge in [-0.25, -0.2) is 8.42 Å². The number of fused-ring (bicyclic) bond motifs is 3. The van der Waals surface area contributed by atoms with Crippen LogP contribution in [-0.4, -0.2) is 37.2 Å². The fourth-order valence-corrected chi connectivity index (χ4v) is 5.22. The fraction of sp³-hybridized carbons (Fsp3) is 0.333. The molecule has 2 heterocycles. The van der Waals surface area contributed by atoms with Gasteiger partial charge >= 0.3 is 0 Å². The van der Waals surface area contributed by atoms with Crippen LogP contribution in [0.25, 0.3) is 0 Å². The van der Waals surface area contributed by atoms with Gasteiger partial charge < -0.3 is 4.74 Å². The zero-order valence-electron chi connectivity index (χ0n) is 13.6. The summed E-state index contributed by atoms with van der Waals surface area (Å²) < 4.78 is 32.2. The highest BCUT2D eigenvalue weighted by atomic mass is 32.2. The molecule has 0 aromatic heterocycles. The van der Waals surface area contributed by atoms with Gasteiger partial charge in [0.15, 0.2) is 0 Å². The van der Waals surface area contributed by atoms with Crippen LogP contribution in [-0.2, 0) is 23.1 Å². The third kappa shape index (κ3) is 2.70. The standard InChI is InChI=1S/C18H20N2O3S/c1-23-16-8-6-14(7-9-16)10-20-13-19-11-15-4-2-3-5-17(15)18(19)12-24(20,21)22/h2-9,18H,10-13H2,1H3. The summed E-state index contributed by atoms with van der Waals surface area (Å²) in [5.41, 5.74) is 3.36. The van der Waals surface area contributed by atoms with Gasteiger partial charge in [0.05, 0.1) is 25.6 Å². The van der Waals surface area contributed by atoms with Crippen molar-refractivity contribution < 1.29 is 13.2 Å². The molecule has 2 aliphatic rings. The van der Waals surface area contributed by atoms with Gasteiger partial charge in [-0.2, -0.15) is 4.31 Å². The Morgan fingerprint density at radius 1 is 1.12 bits per heavy atom. The summed E-state index contributed by atoms with van der Waals surface area (Å²) >= 11 is 0. The molecule has 0 saturated carbocycles. The van der Waals surface area contributed by atoms with Crippen LogP contribution in [0.15, 0.2) is 48.5 Å². The molecule has 0 spiro atoms. The maximum absolute atomic E-state index is 12.7. The van der Waals surface area contributed by atoms with Crippen LogP contribution < -0.4 is 4.74 Å². The Hall–Kier alpha value is -1.89. The van der Waals surface area contributed by atoms with Crippen LogP contribution in [0.2, 0.25) is 0 Å². The number of nitrogens with zero attached hydrogens (tertiary/aromatic N) is 2. The smallest absolute Gasteiger partial charge is 0.217 e. The van der Waals surface area contributed by atoms with E-state index in [1.807, 2.05) is 36.4 Å². The highest BCUT2D eigenvalue weighted by Gasteiger charge is 2.41. The summed E-state index contributed by atoms with van der Waals surface area (Å²) in [5, 5.41) is 0. The van der Waals surface area contributed by atoms with Crippen LogP contribution in [0.4, 0.5) is 0 Å². The van der Waals surface area contributed by atoms with Crippen molar-refractivity contribution in [1.82, 2.24) is 9.21 Å². The molecule has 2 aliphatic heterocycles. The molecule has 126 valence electrons. The predicted octanol–water partition coefficient (Wildman–Crippen LogP) is 2.36. The summed E-state index contributed by atoms with van der Waals surface area (Å²) in [5.74, 6) is 0.926. The Balaban J connectivity index is 1.56. The molecular weight excluding hydrogens is 324 g/mol. The van der Waals surface area contributed by atoms with E-state index in [0.717, 1.165) is 23.4 Å². The second-order valence-electron chi connectivity index (χ2n) is 6.34. The first-order chi connectivity index (χ1) is 11.6. The molecule has 0 radical (unpaired) electrons. The van der Waals surface area contributed by atoms with Gasteiger partial charge in [0.25, 0.3) is 0 Å². The molecule has 1 saturated heterocycles. The fourth-order valence-electron chi connectivity index (χ4n) is 3.55. The summed E-state index contributed by atoms with van der Waals surface area (Å²) in [7, 11) is -1.65. The van der Waals surface area contributed by atoms with E-state index in [4.69, 9.17) is 4.74 Å². The van der Waals surface area contributed by atoms with Gasteiger partial charge in [-0.15, -0.1) is 0 Å². The first-order valence-electron chi connectivity index (χ1n) is 7.99. The molecule has 1 atom stereocenters. The lowest BCUT2D eigenvalue weighted by molar-refractivity contribution is 0.137. The molecule has 0 aliphatic carbocycles. The zero-order chi connectivity index (χ0) is 16.7. The van der Waals surface area contributed by atoms with E-state index in [1.165, 1.54) is 5.56 Å². The van der Waals surface area contributed by atoms with E-state index in [1.54, 1.807) is 11.4 Å². The van der Waals surface area contributed by atoms with Crippen LogP contribution in [0.5, 0.6) is 5.75 Å². The highest BCUT2D eigenvalue weighted by Crippen LogP contribution is 2.38. The molecule has 4 rings (SSSR count). The lowest BCUT2D eigenvalue weighted by Gasteiger charge is -2.37. The SMILES string of the molecule is COc1ccc(CN2CN3Cc4ccccc4C3CS2(=O)=O)cc1. The van der Waals surface area contributed by atoms with Crippen LogP contribution in [0.3, 0.4) is 0 Å². The van der Waals surface area contributed by atoms with Crippen molar-refractivity contribution in [3.63, 3.8) is 0 Å². The number of sulfonamides is 1. The Kier molecular flexibility index (Phi) is 3.83. The third-order valence-electron chi connectivity index (χ3n) is 4.85. The Morgan fingerprint density at radius 3 is 2.62 bits per heavy atom. The van der Waals surface area contributed by atoms with E-state index in [9.17, 15) is 8.42 Å². The van der Waals surface area contributed by atoms with E-state index in [2.05, 4.69) is 17.0 Å². The molecule has 24 heavy (non-hydrogen) atoms. The number of methoxy groups -OCH3 is 1. The number of ether oxygens (including phenoxy) is 1. The van der Waals surface area contributed by atoms with E-state index in [-0.39, 0.29) is 11.8 Å². The molecule has 2 aromatic rings. The lowest BCUT2D eigenvalue weighted by Crippen LogP contribution is -2.49. The van der Waals surface area contributed by atoms with Crippen molar-refractivity contribution in [2.75, 3.05) is 19.5 Å². The van der Waals surface area contributed by atoms with Gasteiger partial charge in [-0.05, 0) is 28.8 Å². The summed E-state index contributed by atoms with van der Waals surface area (Å²) in [4.78, 5) is 2.25. The van der Waals surface area contributed by atoms with Gasteiger partial charge in [-0.3, -0.25) is 4.90 Å². The van der Waals surface area contributed by atoms with E-state index < -0.39 is 10.0 Å². The molecule has 5 nitrogen and oxygen atoms in total. The molecule has 2 aromatic carbocycles. The summed E-state index contributed by atoms with van der Waals surface area (Å²) in [6, 6.07) is 15.7. The number of hydrogen-bond donors (Lipinski definition) is 0. The topological polar surface area (TPSA) is 49.9 Å². The van der Waals surface area contributed by atoms with Crippen molar-refractivity contribution in [2.45, 2.75) is 19.1 Å². The van der Waals surface area contributed by atoms with E-state index >= 15 is 0 Å². The molecule has 0 N–H and O–H groups in total. The number of hydrogen-bond acceptors (Lipinski definition) is 4. The quantitative estimate of drug-likeness (QED) is 0.858. The minimum Gasteiger partial charge on any atom is -0.497 e. The van der Waals surface area contributed by atoms with Crippen LogP contribution in [0.1, 0.15) is 22.7 Å². The average molecular weight is 344 g/mol. The van der Waals surface area contributed by atoms with Crippen molar-refractivity contribution in [1.29, 1.82) is 0 Å². The molecule has 1 fully saturated rings. The molecule has 0 bridgehead atoms. The Bertz CT molecular complexity index is 849. The van der Waals surface area contributed by atoms with Gasteiger partial charge in [0.1, 0.15) is 5.75 Å². The largest absolute Gasteiger partial charge is 0.497 e. The first kappa shape index (κ1) is 15.6. The summed E-state index contributed by atoms with van der Waals surface area (Å²) in [6.45, 7) is 1.65. The normalized spacial score (nSPS) is 22.8. The monoisotopic (exact) mass is 344 g/mol. The zero-order valence-corrected chi connectivity index (χ0v) is 14.4. The number of rotatable bonds is 3. The van der Waals surface area contributed by atoms with Gasteiger partial charge in [0, 0.05) is 13.1 Å². The number of benzene rings is 2. The van der Waals surface area contributed by atoms with E-state index in [0.29, 0.717) is 13.2 Å². The minimum absolute atomic E-state index is 0.0154. The average Bonchev–Trinajstić information content (AvgIpc) is 2.92. The molecule has 6 heteroatoms. The maximum Gasteiger partial charge on any atom is 0.217 e. The maximum atomic E-state index is 12.7. The highest BCUT2D eigenvalue weighted by molar-refractivity contribution is 7.89. The first-order valence-corrected chi connectivity index (χ1v) is 9.60. The lowest BCUT2D eigenvalue weighted by atomic mass is 10.1. The molecule has 0 amide bonds. The second kappa shape index (κ2) is 5.88. The van der Waals surface area contributed by atoms with Crippen molar-refractivity contribution >= 4 is 10.0 Å². The van der Waals surface area contributed by atoms with Crippen LogP contribution >= 0.6 is 0 Å². The second-order valence-corrected chi connectivity index (χ2v) is 8.35. The van der Waals surface area contributed by atoms with Crippen molar-refractivity contribution in [2.24, 2.45) is 0 Å². The third-order valence-corrected chi connectivity index (χ3v) is 6.62.